The van der Waals surface area contributed by atoms with Crippen LogP contribution >= 0.6 is 0 Å². The van der Waals surface area contributed by atoms with Gasteiger partial charge in [-0.2, -0.15) is 0 Å². The molecule has 3 N–H and O–H groups in total. The maximum atomic E-state index is 11.3. The van der Waals surface area contributed by atoms with E-state index >= 15 is 0 Å². The zero-order valence-corrected chi connectivity index (χ0v) is 10.4. The molecule has 1 saturated heterocycles. The number of likely N-dealkylation sites (tertiary alicyclic amines) is 1. The Hall–Kier alpha value is -0.610. The van der Waals surface area contributed by atoms with E-state index in [1.807, 2.05) is 6.92 Å². The quantitative estimate of drug-likeness (QED) is 0.727. The van der Waals surface area contributed by atoms with Crippen molar-refractivity contribution in [1.29, 1.82) is 0 Å². The van der Waals surface area contributed by atoms with E-state index < -0.39 is 0 Å². The average molecular weight is 227 g/mol. The molecule has 0 saturated carbocycles. The number of hydrogen-bond acceptors (Lipinski definition) is 3. The van der Waals surface area contributed by atoms with E-state index in [0.29, 0.717) is 0 Å². The second-order valence-electron chi connectivity index (χ2n) is 4.58. The van der Waals surface area contributed by atoms with Gasteiger partial charge in [-0.1, -0.05) is 26.2 Å². The first-order valence-corrected chi connectivity index (χ1v) is 6.49. The van der Waals surface area contributed by atoms with Crippen molar-refractivity contribution in [3.63, 3.8) is 0 Å². The highest BCUT2D eigenvalue weighted by Gasteiger charge is 2.18. The summed E-state index contributed by atoms with van der Waals surface area (Å²) in [5.41, 5.74) is 5.38. The first-order chi connectivity index (χ1) is 7.74. The molecule has 94 valence electrons. The predicted molar refractivity (Wildman–Crippen MR) is 66.2 cm³/mol. The van der Waals surface area contributed by atoms with Crippen LogP contribution in [0.1, 0.15) is 39.0 Å². The largest absolute Gasteiger partial charge is 0.368 e. The van der Waals surface area contributed by atoms with Crippen LogP contribution in [-0.2, 0) is 4.79 Å². The molecule has 0 aromatic heterocycles. The molecule has 1 atom stereocenters. The molecular formula is C12H25N3O. The number of rotatable bonds is 5. The van der Waals surface area contributed by atoms with Crippen LogP contribution in [0.5, 0.6) is 0 Å². The van der Waals surface area contributed by atoms with Crippen LogP contribution in [0.25, 0.3) is 0 Å². The molecular weight excluding hydrogens is 202 g/mol. The maximum Gasteiger partial charge on any atom is 0.235 e. The minimum absolute atomic E-state index is 0.190. The van der Waals surface area contributed by atoms with Gasteiger partial charge in [0.25, 0.3) is 0 Å². The summed E-state index contributed by atoms with van der Waals surface area (Å²) >= 11 is 0. The number of likely N-dealkylation sites (N-methyl/N-ethyl adjacent to an activating group) is 1. The Labute approximate surface area is 98.6 Å². The number of primary amides is 1. The molecule has 1 aliphatic heterocycles. The van der Waals surface area contributed by atoms with Gasteiger partial charge in [-0.15, -0.1) is 0 Å². The van der Waals surface area contributed by atoms with Crippen LogP contribution in [0.15, 0.2) is 0 Å². The number of carbonyl (C=O) groups is 1. The zero-order chi connectivity index (χ0) is 11.8. The van der Waals surface area contributed by atoms with Crippen LogP contribution in [0.2, 0.25) is 0 Å². The highest BCUT2D eigenvalue weighted by Crippen LogP contribution is 2.10. The number of nitrogens with two attached hydrogens (primary N) is 1. The van der Waals surface area contributed by atoms with Gasteiger partial charge in [0, 0.05) is 6.54 Å². The van der Waals surface area contributed by atoms with Crippen molar-refractivity contribution >= 4 is 5.91 Å². The van der Waals surface area contributed by atoms with Crippen molar-refractivity contribution in [2.75, 3.05) is 26.2 Å². The van der Waals surface area contributed by atoms with Crippen molar-refractivity contribution in [3.05, 3.63) is 0 Å². The molecule has 4 nitrogen and oxygen atoms in total. The van der Waals surface area contributed by atoms with E-state index in [2.05, 4.69) is 10.2 Å². The molecule has 4 heteroatoms. The highest BCUT2D eigenvalue weighted by atomic mass is 16.1. The Morgan fingerprint density at radius 2 is 1.81 bits per heavy atom. The SMILES string of the molecule is CCNC(CN1CCCCCCC1)C(N)=O. The first-order valence-electron chi connectivity index (χ1n) is 6.49. The molecule has 0 aromatic rings. The van der Waals surface area contributed by atoms with Crippen molar-refractivity contribution in [2.45, 2.75) is 45.1 Å². The average Bonchev–Trinajstić information content (AvgIpc) is 2.20. The number of nitrogens with zero attached hydrogens (tertiary/aromatic N) is 1. The second-order valence-corrected chi connectivity index (χ2v) is 4.58. The van der Waals surface area contributed by atoms with Crippen LogP contribution in [0.3, 0.4) is 0 Å². The van der Waals surface area contributed by atoms with Crippen LogP contribution < -0.4 is 11.1 Å². The maximum absolute atomic E-state index is 11.3. The molecule has 0 bridgehead atoms. The number of amides is 1. The summed E-state index contributed by atoms with van der Waals surface area (Å²) < 4.78 is 0. The van der Waals surface area contributed by atoms with Crippen molar-refractivity contribution in [1.82, 2.24) is 10.2 Å². The molecule has 1 unspecified atom stereocenters. The summed E-state index contributed by atoms with van der Waals surface area (Å²) in [4.78, 5) is 13.6. The molecule has 0 spiro atoms. The monoisotopic (exact) mass is 227 g/mol. The number of hydrogen-bond donors (Lipinski definition) is 2. The summed E-state index contributed by atoms with van der Waals surface area (Å²) in [7, 11) is 0. The Balaban J connectivity index is 2.38. The van der Waals surface area contributed by atoms with E-state index in [1.54, 1.807) is 0 Å². The third-order valence-electron chi connectivity index (χ3n) is 3.18. The summed E-state index contributed by atoms with van der Waals surface area (Å²) in [5.74, 6) is -0.232. The second kappa shape index (κ2) is 7.63. The van der Waals surface area contributed by atoms with Gasteiger partial charge in [0.1, 0.15) is 0 Å². The van der Waals surface area contributed by atoms with Gasteiger partial charge >= 0.3 is 0 Å². The topological polar surface area (TPSA) is 58.4 Å². The van der Waals surface area contributed by atoms with E-state index in [-0.39, 0.29) is 11.9 Å². The minimum atomic E-state index is -0.232. The van der Waals surface area contributed by atoms with Crippen molar-refractivity contribution in [3.8, 4) is 0 Å². The fourth-order valence-corrected chi connectivity index (χ4v) is 2.26. The molecule has 1 rings (SSSR count). The normalized spacial score (nSPS) is 21.1. The smallest absolute Gasteiger partial charge is 0.235 e. The van der Waals surface area contributed by atoms with Gasteiger partial charge in [0.15, 0.2) is 0 Å². The Morgan fingerprint density at radius 1 is 1.25 bits per heavy atom. The summed E-state index contributed by atoms with van der Waals surface area (Å²) in [6, 6.07) is -0.190. The highest BCUT2D eigenvalue weighted by molar-refractivity contribution is 5.80. The number of nitrogens with one attached hydrogen (secondary N) is 1. The first kappa shape index (κ1) is 13.5. The standard InChI is InChI=1S/C12H25N3O/c1-2-14-11(12(13)16)10-15-8-6-4-3-5-7-9-15/h11,14H,2-10H2,1H3,(H2,13,16). The van der Waals surface area contributed by atoms with Gasteiger partial charge < -0.3 is 16.0 Å². The molecule has 1 heterocycles. The van der Waals surface area contributed by atoms with Gasteiger partial charge in [-0.3, -0.25) is 4.79 Å². The molecule has 16 heavy (non-hydrogen) atoms. The van der Waals surface area contributed by atoms with Gasteiger partial charge in [-0.05, 0) is 32.5 Å². The van der Waals surface area contributed by atoms with Crippen molar-refractivity contribution in [2.24, 2.45) is 5.73 Å². The molecule has 0 aliphatic carbocycles. The molecule has 1 fully saturated rings. The van der Waals surface area contributed by atoms with Crippen LogP contribution in [-0.4, -0.2) is 43.0 Å². The third kappa shape index (κ3) is 4.94. The lowest BCUT2D eigenvalue weighted by Gasteiger charge is -2.27. The third-order valence-corrected chi connectivity index (χ3v) is 3.18. The fourth-order valence-electron chi connectivity index (χ4n) is 2.26. The summed E-state index contributed by atoms with van der Waals surface area (Å²) in [5, 5.41) is 3.15. The lowest BCUT2D eigenvalue weighted by molar-refractivity contribution is -0.120. The van der Waals surface area contributed by atoms with Crippen LogP contribution in [0.4, 0.5) is 0 Å². The van der Waals surface area contributed by atoms with Gasteiger partial charge in [0.2, 0.25) is 5.91 Å². The van der Waals surface area contributed by atoms with Crippen molar-refractivity contribution < 1.29 is 4.79 Å². The lowest BCUT2D eigenvalue weighted by atomic mass is 10.1. The Morgan fingerprint density at radius 3 is 2.31 bits per heavy atom. The molecule has 1 amide bonds. The van der Waals surface area contributed by atoms with E-state index in [9.17, 15) is 4.79 Å². The Kier molecular flexibility index (Phi) is 6.42. The van der Waals surface area contributed by atoms with Gasteiger partial charge in [0.05, 0.1) is 6.04 Å². The fraction of sp³-hybridized carbons (Fsp3) is 0.917. The lowest BCUT2D eigenvalue weighted by Crippen LogP contribution is -2.49. The number of carbonyl (C=O) groups excluding carboxylic acids is 1. The van der Waals surface area contributed by atoms with Gasteiger partial charge in [-0.25, -0.2) is 0 Å². The predicted octanol–water partition coefficient (Wildman–Crippen LogP) is 0.716. The van der Waals surface area contributed by atoms with E-state index in [0.717, 1.165) is 26.2 Å². The van der Waals surface area contributed by atoms with Crippen LogP contribution in [0, 0.1) is 0 Å². The molecule has 1 aliphatic rings. The van der Waals surface area contributed by atoms with E-state index in [1.165, 1.54) is 32.1 Å². The zero-order valence-electron chi connectivity index (χ0n) is 10.4. The Bertz CT molecular complexity index is 200. The molecule has 0 radical (unpaired) electrons. The van der Waals surface area contributed by atoms with E-state index in [4.69, 9.17) is 5.73 Å². The molecule has 0 aromatic carbocycles. The minimum Gasteiger partial charge on any atom is -0.368 e. The summed E-state index contributed by atoms with van der Waals surface area (Å²) in [6.45, 7) is 5.78. The summed E-state index contributed by atoms with van der Waals surface area (Å²) in [6.07, 6.45) is 6.49.